The van der Waals surface area contributed by atoms with Gasteiger partial charge in [0.05, 0.1) is 5.92 Å². The quantitative estimate of drug-likeness (QED) is 0.630. The third-order valence-corrected chi connectivity index (χ3v) is 6.12. The lowest BCUT2D eigenvalue weighted by molar-refractivity contribution is -0.132. The topological polar surface area (TPSA) is 108 Å². The van der Waals surface area contributed by atoms with Crippen molar-refractivity contribution >= 4 is 23.8 Å². The fourth-order valence-corrected chi connectivity index (χ4v) is 4.25. The monoisotopic (exact) mass is 472 g/mol. The van der Waals surface area contributed by atoms with E-state index in [1.807, 2.05) is 30.3 Å². The minimum atomic E-state index is -0.609. The van der Waals surface area contributed by atoms with Crippen molar-refractivity contribution in [2.75, 3.05) is 32.7 Å². The van der Waals surface area contributed by atoms with Crippen LogP contribution in [0.15, 0.2) is 30.3 Å². The minimum Gasteiger partial charge on any atom is -0.444 e. The zero-order chi connectivity index (χ0) is 24.7. The Bertz CT molecular complexity index is 875. The van der Waals surface area contributed by atoms with E-state index in [1.54, 1.807) is 30.6 Å². The van der Waals surface area contributed by atoms with Crippen LogP contribution >= 0.6 is 0 Å². The number of nitrogens with one attached hydrogen (secondary N) is 2. The number of carbonyl (C=O) groups is 4. The molecule has 2 fully saturated rings. The normalized spacial score (nSPS) is 19.1. The number of ether oxygens (including phenoxy) is 1. The van der Waals surface area contributed by atoms with Gasteiger partial charge in [-0.3, -0.25) is 14.4 Å². The first kappa shape index (κ1) is 25.5. The molecule has 2 aliphatic rings. The predicted octanol–water partition coefficient (Wildman–Crippen LogP) is 1.91. The summed E-state index contributed by atoms with van der Waals surface area (Å²) in [6, 6.07) is 9.77. The lowest BCUT2D eigenvalue weighted by Crippen LogP contribution is -2.46. The van der Waals surface area contributed by atoms with Crippen molar-refractivity contribution in [3.8, 4) is 0 Å². The van der Waals surface area contributed by atoms with Crippen LogP contribution in [0.1, 0.15) is 45.6 Å². The van der Waals surface area contributed by atoms with Crippen molar-refractivity contribution in [1.29, 1.82) is 0 Å². The van der Waals surface area contributed by atoms with E-state index in [1.165, 1.54) is 0 Å². The summed E-state index contributed by atoms with van der Waals surface area (Å²) in [7, 11) is 0. The molecule has 0 bridgehead atoms. The molecule has 0 spiro atoms. The maximum Gasteiger partial charge on any atom is 0.408 e. The highest BCUT2D eigenvalue weighted by molar-refractivity contribution is 5.89. The summed E-state index contributed by atoms with van der Waals surface area (Å²) in [6.07, 6.45) is 1.20. The van der Waals surface area contributed by atoms with Gasteiger partial charge in [-0.05, 0) is 45.1 Å². The second-order valence-electron chi connectivity index (χ2n) is 10.1. The summed E-state index contributed by atoms with van der Waals surface area (Å²) in [6.45, 7) is 7.89. The highest BCUT2D eigenvalue weighted by atomic mass is 16.6. The van der Waals surface area contributed by atoms with E-state index in [-0.39, 0.29) is 42.5 Å². The van der Waals surface area contributed by atoms with Gasteiger partial charge in [0.15, 0.2) is 0 Å². The van der Waals surface area contributed by atoms with Crippen LogP contribution in [0, 0.1) is 11.8 Å². The fourth-order valence-electron chi connectivity index (χ4n) is 4.25. The molecule has 9 heteroatoms. The van der Waals surface area contributed by atoms with E-state index in [9.17, 15) is 19.2 Å². The molecule has 0 aliphatic carbocycles. The maximum atomic E-state index is 12.6. The Kier molecular flexibility index (Phi) is 8.52. The Balaban J connectivity index is 1.34. The largest absolute Gasteiger partial charge is 0.444 e. The molecular weight excluding hydrogens is 436 g/mol. The van der Waals surface area contributed by atoms with Gasteiger partial charge in [-0.1, -0.05) is 30.3 Å². The first-order valence-corrected chi connectivity index (χ1v) is 11.9. The van der Waals surface area contributed by atoms with Crippen LogP contribution in [0.25, 0.3) is 0 Å². The van der Waals surface area contributed by atoms with Gasteiger partial charge in [-0.15, -0.1) is 0 Å². The van der Waals surface area contributed by atoms with Crippen LogP contribution in [-0.4, -0.2) is 71.9 Å². The standard InChI is InChI=1S/C25H36N4O5/c1-25(2,3)34-24(33)27-15-22(31)28-11-9-18(10-12-28)14-26-23(32)20-13-21(30)29(17-20)16-19-7-5-4-6-8-19/h4-8,18,20H,9-17H2,1-3H3,(H,26,32)(H,27,33). The zero-order valence-electron chi connectivity index (χ0n) is 20.3. The van der Waals surface area contributed by atoms with Crippen LogP contribution in [-0.2, 0) is 25.7 Å². The Morgan fingerprint density at radius 1 is 1.06 bits per heavy atom. The van der Waals surface area contributed by atoms with Crippen molar-refractivity contribution in [3.05, 3.63) is 35.9 Å². The predicted molar refractivity (Wildman–Crippen MR) is 127 cm³/mol. The third kappa shape index (κ3) is 7.74. The molecule has 2 N–H and O–H groups in total. The molecular formula is C25H36N4O5. The van der Waals surface area contributed by atoms with E-state index in [0.29, 0.717) is 32.7 Å². The molecule has 186 valence electrons. The number of hydrogen-bond acceptors (Lipinski definition) is 5. The Morgan fingerprint density at radius 3 is 2.38 bits per heavy atom. The van der Waals surface area contributed by atoms with E-state index in [0.717, 1.165) is 18.4 Å². The van der Waals surface area contributed by atoms with Gasteiger partial charge in [-0.25, -0.2) is 4.79 Å². The summed E-state index contributed by atoms with van der Waals surface area (Å²) in [4.78, 5) is 52.5. The lowest BCUT2D eigenvalue weighted by atomic mass is 9.96. The molecule has 0 radical (unpaired) electrons. The van der Waals surface area contributed by atoms with Gasteiger partial charge in [-0.2, -0.15) is 0 Å². The average Bonchev–Trinajstić information content (AvgIpc) is 3.16. The zero-order valence-corrected chi connectivity index (χ0v) is 20.3. The van der Waals surface area contributed by atoms with Crippen LogP contribution in [0.4, 0.5) is 4.79 Å². The molecule has 1 aromatic carbocycles. The van der Waals surface area contributed by atoms with Gasteiger partial charge >= 0.3 is 6.09 Å². The van der Waals surface area contributed by atoms with E-state index in [4.69, 9.17) is 4.74 Å². The smallest absolute Gasteiger partial charge is 0.408 e. The molecule has 2 saturated heterocycles. The molecule has 1 atom stereocenters. The molecule has 4 amide bonds. The number of hydrogen-bond donors (Lipinski definition) is 2. The van der Waals surface area contributed by atoms with Crippen molar-refractivity contribution < 1.29 is 23.9 Å². The molecule has 0 aromatic heterocycles. The van der Waals surface area contributed by atoms with Crippen LogP contribution < -0.4 is 10.6 Å². The molecule has 1 aromatic rings. The summed E-state index contributed by atoms with van der Waals surface area (Å²) in [5, 5.41) is 5.51. The average molecular weight is 473 g/mol. The van der Waals surface area contributed by atoms with Gasteiger partial charge in [0.25, 0.3) is 0 Å². The molecule has 1 unspecified atom stereocenters. The summed E-state index contributed by atoms with van der Waals surface area (Å²) in [5.74, 6) is -0.253. The first-order valence-electron chi connectivity index (χ1n) is 11.9. The van der Waals surface area contributed by atoms with Crippen molar-refractivity contribution in [3.63, 3.8) is 0 Å². The Labute approximate surface area is 201 Å². The number of rotatable bonds is 7. The second kappa shape index (κ2) is 11.4. The summed E-state index contributed by atoms with van der Waals surface area (Å²) >= 11 is 0. The van der Waals surface area contributed by atoms with Gasteiger partial charge in [0, 0.05) is 39.1 Å². The van der Waals surface area contributed by atoms with Crippen LogP contribution in [0.5, 0.6) is 0 Å². The number of carbonyl (C=O) groups excluding carboxylic acids is 4. The molecule has 34 heavy (non-hydrogen) atoms. The number of likely N-dealkylation sites (tertiary alicyclic amines) is 2. The molecule has 0 saturated carbocycles. The number of benzene rings is 1. The summed E-state index contributed by atoms with van der Waals surface area (Å²) < 4.78 is 5.15. The minimum absolute atomic E-state index is 0.0100. The number of amides is 4. The molecule has 2 aliphatic heterocycles. The third-order valence-electron chi connectivity index (χ3n) is 6.12. The molecule has 2 heterocycles. The van der Waals surface area contributed by atoms with Crippen LogP contribution in [0.2, 0.25) is 0 Å². The highest BCUT2D eigenvalue weighted by Gasteiger charge is 2.34. The van der Waals surface area contributed by atoms with Crippen molar-refractivity contribution in [1.82, 2.24) is 20.4 Å². The Hall–Kier alpha value is -3.10. The van der Waals surface area contributed by atoms with E-state index in [2.05, 4.69) is 10.6 Å². The second-order valence-corrected chi connectivity index (χ2v) is 10.1. The fraction of sp³-hybridized carbons (Fsp3) is 0.600. The molecule has 3 rings (SSSR count). The van der Waals surface area contributed by atoms with Gasteiger partial charge in [0.2, 0.25) is 17.7 Å². The van der Waals surface area contributed by atoms with Crippen LogP contribution in [0.3, 0.4) is 0 Å². The number of piperidine rings is 1. The highest BCUT2D eigenvalue weighted by Crippen LogP contribution is 2.21. The van der Waals surface area contributed by atoms with Crippen molar-refractivity contribution in [2.24, 2.45) is 11.8 Å². The van der Waals surface area contributed by atoms with E-state index >= 15 is 0 Å². The number of alkyl carbamates (subject to hydrolysis) is 1. The SMILES string of the molecule is CC(C)(C)OC(=O)NCC(=O)N1CCC(CNC(=O)C2CC(=O)N(Cc3ccccc3)C2)CC1. The van der Waals surface area contributed by atoms with E-state index < -0.39 is 11.7 Å². The first-order chi connectivity index (χ1) is 16.1. The van der Waals surface area contributed by atoms with Gasteiger partial charge in [0.1, 0.15) is 12.1 Å². The van der Waals surface area contributed by atoms with Crippen molar-refractivity contribution in [2.45, 2.75) is 52.2 Å². The van der Waals surface area contributed by atoms with Gasteiger partial charge < -0.3 is 25.2 Å². The summed E-state index contributed by atoms with van der Waals surface area (Å²) in [5.41, 5.74) is 0.446. The maximum absolute atomic E-state index is 12.6. The number of nitrogens with zero attached hydrogens (tertiary/aromatic N) is 2. The Morgan fingerprint density at radius 2 is 1.74 bits per heavy atom. The lowest BCUT2D eigenvalue weighted by Gasteiger charge is -2.32. The molecule has 9 nitrogen and oxygen atoms in total.